The molecule has 0 saturated carbocycles. The predicted octanol–water partition coefficient (Wildman–Crippen LogP) is -2.05. The van der Waals surface area contributed by atoms with E-state index in [2.05, 4.69) is 16.3 Å². The first-order valence-corrected chi connectivity index (χ1v) is 0.828. The zero-order valence-electron chi connectivity index (χ0n) is 3.64. The summed E-state index contributed by atoms with van der Waals surface area (Å²) in [5.74, 6) is 0. The molecular weight excluding hydrogens is 104 g/mol. The molecule has 26 valence electrons. The van der Waals surface area contributed by atoms with E-state index in [0.717, 1.165) is 0 Å². The Kier molecular flexibility index (Phi) is 16.2. The first kappa shape index (κ1) is 9.19. The number of nitrogens with zero attached hydrogens (tertiary/aromatic N) is 1. The van der Waals surface area contributed by atoms with Gasteiger partial charge in [-0.05, 0) is 0 Å². The van der Waals surface area contributed by atoms with Gasteiger partial charge in [0.1, 0.15) is 0 Å². The summed E-state index contributed by atoms with van der Waals surface area (Å²) in [7, 11) is 0. The topological polar surface area (TPSA) is 38.7 Å². The third-order valence-corrected chi connectivity index (χ3v) is 0.0845. The fourth-order valence-corrected chi connectivity index (χ4v) is 0. The molecule has 0 aliphatic heterocycles. The Balaban J connectivity index is -0.0000000450. The van der Waals surface area contributed by atoms with Gasteiger partial charge in [-0.1, -0.05) is 0 Å². The van der Waals surface area contributed by atoms with Gasteiger partial charge in [0.2, 0.25) is 0 Å². The largest absolute Gasteiger partial charge is 1.00 e. The van der Waals surface area contributed by atoms with Crippen molar-refractivity contribution in [2.45, 2.75) is 0 Å². The van der Waals surface area contributed by atoms with Crippen LogP contribution in [0.3, 0.4) is 0 Å². The molecule has 0 aliphatic carbocycles. The van der Waals surface area contributed by atoms with E-state index in [0.29, 0.717) is 0 Å². The summed E-state index contributed by atoms with van der Waals surface area (Å²) in [4.78, 5) is 8.57. The van der Waals surface area contributed by atoms with E-state index in [4.69, 9.17) is 4.91 Å². The van der Waals surface area contributed by atoms with Crippen molar-refractivity contribution in [3.05, 3.63) is 4.91 Å². The molecule has 0 N–H and O–H groups in total. The van der Waals surface area contributed by atoms with Crippen molar-refractivity contribution in [2.75, 3.05) is 0 Å². The van der Waals surface area contributed by atoms with Crippen molar-refractivity contribution in [3.63, 3.8) is 0 Å². The normalized spacial score (nSPS) is 4.20. The van der Waals surface area contributed by atoms with Gasteiger partial charge >= 0.3 is 29.6 Å². The van der Waals surface area contributed by atoms with Crippen molar-refractivity contribution < 1.29 is 35.4 Å². The van der Waals surface area contributed by atoms with Crippen LogP contribution in [0.25, 0.3) is 0 Å². The number of hydrogen-bond donors (Lipinski definition) is 0. The molecule has 0 aromatic carbocycles. The summed E-state index contributed by atoms with van der Waals surface area (Å²) in [5.41, 5.74) is 0. The van der Waals surface area contributed by atoms with E-state index >= 15 is 0 Å². The van der Waals surface area contributed by atoms with Gasteiger partial charge in [0.25, 0.3) is 0 Å². The summed E-state index contributed by atoms with van der Waals surface area (Å²) >= 11 is 4.21. The molecule has 0 amide bonds. The fourth-order valence-electron chi connectivity index (χ4n) is 0. The molecule has 0 aromatic rings. The Morgan fingerprint density at radius 1 is 2.00 bits per heavy atom. The van der Waals surface area contributed by atoms with E-state index in [1.807, 2.05) is 0 Å². The quantitative estimate of drug-likeness (QED) is 0.219. The summed E-state index contributed by atoms with van der Waals surface area (Å²) in [6, 6.07) is 0. The van der Waals surface area contributed by atoms with Crippen LogP contribution in [0, 0.1) is 4.91 Å². The smallest absolute Gasteiger partial charge is 1.00 e. The number of halogens is 1. The van der Waals surface area contributed by atoms with Gasteiger partial charge in [0.15, 0.2) is 17.2 Å². The van der Waals surface area contributed by atoms with Gasteiger partial charge in [-0.15, -0.1) is 4.91 Å². The van der Waals surface area contributed by atoms with Gasteiger partial charge in [-0.2, -0.15) is 0 Å². The molecule has 3 nitrogen and oxygen atoms in total. The van der Waals surface area contributed by atoms with Crippen LogP contribution in [0.15, 0.2) is 5.34 Å². The van der Waals surface area contributed by atoms with E-state index in [1.54, 1.807) is 5.34 Å². The van der Waals surface area contributed by atoms with Crippen LogP contribution in [0.2, 0.25) is 0 Å². The van der Waals surface area contributed by atoms with Crippen molar-refractivity contribution in [1.29, 1.82) is 0 Å². The molecule has 5 heteroatoms. The zero-order chi connectivity index (χ0) is 3.41. The van der Waals surface area contributed by atoms with E-state index in [9.17, 15) is 0 Å². The summed E-state index contributed by atoms with van der Waals surface area (Å²) in [6.45, 7) is 0. The Labute approximate surface area is 57.5 Å². The van der Waals surface area contributed by atoms with Crippen molar-refractivity contribution in [3.8, 4) is 0 Å². The van der Waals surface area contributed by atoms with Gasteiger partial charge in [0, 0.05) is 0 Å². The maximum Gasteiger partial charge on any atom is 1.00 e. The maximum absolute atomic E-state index is 8.57. The van der Waals surface area contributed by atoms with Crippen LogP contribution in [-0.4, -0.2) is 0 Å². The minimum absolute atomic E-state index is 0. The first-order valence-electron chi connectivity index (χ1n) is 0.519. The maximum atomic E-state index is 8.57. The van der Waals surface area contributed by atoms with Crippen LogP contribution < -0.4 is 29.6 Å². The zero-order valence-corrected chi connectivity index (χ0v) is 5.40. The van der Waals surface area contributed by atoms with Gasteiger partial charge in [0.05, 0.1) is 0 Å². The second-order valence-corrected chi connectivity index (χ2v) is 0.282. The Bertz CT molecular complexity index is 27.5. The summed E-state index contributed by atoms with van der Waals surface area (Å²) in [5, 5.41) is 1.75. The van der Waals surface area contributed by atoms with Crippen molar-refractivity contribution in [2.24, 2.45) is 5.34 Å². The van der Waals surface area contributed by atoms with E-state index < -0.39 is 0 Å². The predicted molar refractivity (Wildman–Crippen MR) is 13.8 cm³/mol. The van der Waals surface area contributed by atoms with Gasteiger partial charge in [-0.25, -0.2) is 4.39 Å². The molecule has 0 spiro atoms. The first-order chi connectivity index (χ1) is 1.91. The molecule has 0 bridgehead atoms. The average Bonchev–Trinajstić information content (AvgIpc) is 1.37. The minimum Gasteiger partial charge on any atom is -1.00 e. The van der Waals surface area contributed by atoms with Crippen LogP contribution >= 0.6 is 11.9 Å². The Morgan fingerprint density at radius 2 is 2.20 bits per heavy atom. The van der Waals surface area contributed by atoms with E-state index in [-0.39, 0.29) is 31.0 Å². The van der Waals surface area contributed by atoms with Crippen LogP contribution in [0.4, 0.5) is 0 Å². The van der Waals surface area contributed by atoms with Crippen LogP contribution in [-0.2, 0) is 4.39 Å². The fraction of sp³-hybridized carbons (Fsp3) is 0. The summed E-state index contributed by atoms with van der Waals surface area (Å²) < 4.78 is 3.08. The molecule has 0 saturated heterocycles. The third kappa shape index (κ3) is 11.9. The molecule has 0 atom stereocenters. The van der Waals surface area contributed by atoms with Crippen molar-refractivity contribution >= 4 is 11.9 Å². The third-order valence-electron chi connectivity index (χ3n) is 0.0282. The van der Waals surface area contributed by atoms with E-state index in [1.165, 1.54) is 0 Å². The van der Waals surface area contributed by atoms with Crippen LogP contribution in [0.5, 0.6) is 0 Å². The SMILES string of the molecule is O=NOCl.[H-].[Na+]. The average molecular weight is 105 g/mol. The Morgan fingerprint density at radius 3 is 2.20 bits per heavy atom. The van der Waals surface area contributed by atoms with Gasteiger partial charge < -0.3 is 1.43 Å². The number of hydrogen-bond acceptors (Lipinski definition) is 3. The monoisotopic (exact) mass is 105 g/mol. The van der Waals surface area contributed by atoms with Crippen molar-refractivity contribution in [1.82, 2.24) is 0 Å². The molecule has 5 heavy (non-hydrogen) atoms. The Hall–Kier alpha value is 0.690. The minimum atomic E-state index is 0. The molecule has 0 heterocycles. The standard InChI is InChI=1S/ClNO2.Na.H/c1-4-2-3;;/q;+1;-1. The molecule has 0 aromatic heterocycles. The van der Waals surface area contributed by atoms with Crippen LogP contribution in [0.1, 0.15) is 1.43 Å². The second kappa shape index (κ2) is 8.83. The number of rotatable bonds is 1. The molecule has 0 fully saturated rings. The molecule has 0 aliphatic rings. The second-order valence-electron chi connectivity index (χ2n) is 0.144. The molecule has 0 unspecified atom stereocenters. The molecule has 0 rings (SSSR count). The molecule has 0 radical (unpaired) electrons. The summed E-state index contributed by atoms with van der Waals surface area (Å²) in [6.07, 6.45) is 0. The molecular formula is HClNNaO2. The van der Waals surface area contributed by atoms with Gasteiger partial charge in [-0.3, -0.25) is 0 Å².